The lowest BCUT2D eigenvalue weighted by Gasteiger charge is -2.16. The average Bonchev–Trinajstić information content (AvgIpc) is 2.43. The van der Waals surface area contributed by atoms with Crippen LogP contribution in [0.4, 0.5) is 13.2 Å². The normalized spacial score (nSPS) is 13.4. The first-order chi connectivity index (χ1) is 9.88. The van der Waals surface area contributed by atoms with Crippen LogP contribution < -0.4 is 5.73 Å². The molecular weight excluding hydrogens is 295 g/mol. The van der Waals surface area contributed by atoms with Crippen molar-refractivity contribution >= 4 is 11.8 Å². The van der Waals surface area contributed by atoms with Crippen molar-refractivity contribution in [1.82, 2.24) is 0 Å². The van der Waals surface area contributed by atoms with E-state index in [0.717, 1.165) is 31.4 Å². The summed E-state index contributed by atoms with van der Waals surface area (Å²) in [6.45, 7) is 4.02. The Bertz CT molecular complexity index is 432. The molecule has 0 aliphatic carbocycles. The molecule has 0 radical (unpaired) electrons. The molecule has 5 heteroatoms. The van der Waals surface area contributed by atoms with E-state index in [0.29, 0.717) is 16.9 Å². The van der Waals surface area contributed by atoms with Crippen LogP contribution in [0.25, 0.3) is 0 Å². The Morgan fingerprint density at radius 3 is 2.48 bits per heavy atom. The topological polar surface area (TPSA) is 26.0 Å². The fraction of sp³-hybridized carbons (Fsp3) is 0.625. The van der Waals surface area contributed by atoms with Gasteiger partial charge in [0.2, 0.25) is 0 Å². The standard InChI is InChI=1S/C16H24F3NS/c1-3-5-6-9-21-15-8-7-12(10-13(20)4-2)11-14(15)16(17,18)19/h7-8,11,13H,3-6,9-10,20H2,1-2H3. The highest BCUT2D eigenvalue weighted by Gasteiger charge is 2.33. The van der Waals surface area contributed by atoms with E-state index in [1.54, 1.807) is 12.1 Å². The van der Waals surface area contributed by atoms with Crippen molar-refractivity contribution in [2.45, 2.75) is 63.1 Å². The third-order valence-corrected chi connectivity index (χ3v) is 4.54. The summed E-state index contributed by atoms with van der Waals surface area (Å²) in [6.07, 6.45) is 0.00782. The van der Waals surface area contributed by atoms with Crippen molar-refractivity contribution in [2.24, 2.45) is 5.73 Å². The molecule has 1 rings (SSSR count). The molecule has 21 heavy (non-hydrogen) atoms. The van der Waals surface area contributed by atoms with Gasteiger partial charge in [0.15, 0.2) is 0 Å². The van der Waals surface area contributed by atoms with E-state index in [4.69, 9.17) is 5.73 Å². The van der Waals surface area contributed by atoms with Crippen molar-refractivity contribution < 1.29 is 13.2 Å². The number of alkyl halides is 3. The first-order valence-electron chi connectivity index (χ1n) is 7.47. The lowest BCUT2D eigenvalue weighted by Crippen LogP contribution is -2.21. The molecule has 0 aliphatic heterocycles. The summed E-state index contributed by atoms with van der Waals surface area (Å²) in [5.41, 5.74) is 5.97. The van der Waals surface area contributed by atoms with E-state index in [2.05, 4.69) is 6.92 Å². The van der Waals surface area contributed by atoms with Crippen LogP contribution in [0.3, 0.4) is 0 Å². The largest absolute Gasteiger partial charge is 0.417 e. The molecule has 0 aliphatic rings. The number of rotatable bonds is 8. The molecule has 1 aromatic carbocycles. The minimum absolute atomic E-state index is 0.0888. The summed E-state index contributed by atoms with van der Waals surface area (Å²) in [6, 6.07) is 4.54. The minimum atomic E-state index is -4.31. The maximum Gasteiger partial charge on any atom is 0.417 e. The van der Waals surface area contributed by atoms with Gasteiger partial charge in [-0.15, -0.1) is 11.8 Å². The average molecular weight is 319 g/mol. The first kappa shape index (κ1) is 18.4. The van der Waals surface area contributed by atoms with Crippen LogP contribution in [-0.2, 0) is 12.6 Å². The number of hydrogen-bond donors (Lipinski definition) is 1. The van der Waals surface area contributed by atoms with E-state index < -0.39 is 11.7 Å². The first-order valence-corrected chi connectivity index (χ1v) is 8.45. The van der Waals surface area contributed by atoms with E-state index in [1.165, 1.54) is 17.8 Å². The van der Waals surface area contributed by atoms with E-state index in [1.807, 2.05) is 6.92 Å². The predicted octanol–water partition coefficient (Wildman–Crippen LogP) is 5.27. The molecule has 0 heterocycles. The third-order valence-electron chi connectivity index (χ3n) is 3.38. The minimum Gasteiger partial charge on any atom is -0.327 e. The Morgan fingerprint density at radius 1 is 1.19 bits per heavy atom. The fourth-order valence-electron chi connectivity index (χ4n) is 2.03. The highest BCUT2D eigenvalue weighted by Crippen LogP contribution is 2.37. The van der Waals surface area contributed by atoms with Crippen molar-refractivity contribution in [2.75, 3.05) is 5.75 Å². The Hall–Kier alpha value is -0.680. The van der Waals surface area contributed by atoms with Gasteiger partial charge in [0.25, 0.3) is 0 Å². The summed E-state index contributed by atoms with van der Waals surface area (Å²) in [5.74, 6) is 0.727. The van der Waals surface area contributed by atoms with Gasteiger partial charge in [-0.1, -0.05) is 32.8 Å². The Balaban J connectivity index is 2.87. The molecule has 1 atom stereocenters. The second kappa shape index (κ2) is 8.69. The zero-order chi connectivity index (χ0) is 15.9. The van der Waals surface area contributed by atoms with Crippen LogP contribution >= 0.6 is 11.8 Å². The van der Waals surface area contributed by atoms with Crippen LogP contribution in [0.1, 0.15) is 50.7 Å². The quantitative estimate of drug-likeness (QED) is 0.522. The van der Waals surface area contributed by atoms with Crippen LogP contribution in [-0.4, -0.2) is 11.8 Å². The molecule has 0 bridgehead atoms. The highest BCUT2D eigenvalue weighted by molar-refractivity contribution is 7.99. The van der Waals surface area contributed by atoms with Gasteiger partial charge < -0.3 is 5.73 Å². The molecule has 0 saturated carbocycles. The molecule has 1 nitrogen and oxygen atoms in total. The number of halogens is 3. The molecule has 0 spiro atoms. The lowest BCUT2D eigenvalue weighted by molar-refractivity contribution is -0.139. The molecule has 1 unspecified atom stereocenters. The van der Waals surface area contributed by atoms with Crippen molar-refractivity contribution in [3.05, 3.63) is 29.3 Å². The van der Waals surface area contributed by atoms with E-state index >= 15 is 0 Å². The summed E-state index contributed by atoms with van der Waals surface area (Å²) >= 11 is 1.30. The highest BCUT2D eigenvalue weighted by atomic mass is 32.2. The number of thioether (sulfide) groups is 1. The molecule has 1 aromatic rings. The number of hydrogen-bond acceptors (Lipinski definition) is 2. The SMILES string of the molecule is CCCCCSc1ccc(CC(N)CC)cc1C(F)(F)F. The van der Waals surface area contributed by atoms with Crippen LogP contribution in [0.2, 0.25) is 0 Å². The van der Waals surface area contributed by atoms with Gasteiger partial charge in [-0.25, -0.2) is 0 Å². The van der Waals surface area contributed by atoms with E-state index in [-0.39, 0.29) is 6.04 Å². The lowest BCUT2D eigenvalue weighted by atomic mass is 10.0. The molecular formula is C16H24F3NS. The smallest absolute Gasteiger partial charge is 0.327 e. The predicted molar refractivity (Wildman–Crippen MR) is 83.7 cm³/mol. The van der Waals surface area contributed by atoms with Gasteiger partial charge in [-0.3, -0.25) is 0 Å². The molecule has 120 valence electrons. The third kappa shape index (κ3) is 6.30. The second-order valence-electron chi connectivity index (χ2n) is 5.26. The van der Waals surface area contributed by atoms with Gasteiger partial charge in [-0.05, 0) is 42.7 Å². The number of unbranched alkanes of at least 4 members (excludes halogenated alkanes) is 2. The molecule has 0 fully saturated rings. The second-order valence-corrected chi connectivity index (χ2v) is 6.39. The zero-order valence-electron chi connectivity index (χ0n) is 12.7. The van der Waals surface area contributed by atoms with Crippen LogP contribution in [0.5, 0.6) is 0 Å². The van der Waals surface area contributed by atoms with Crippen molar-refractivity contribution in [1.29, 1.82) is 0 Å². The maximum atomic E-state index is 13.2. The Morgan fingerprint density at radius 2 is 1.90 bits per heavy atom. The molecule has 0 saturated heterocycles. The monoisotopic (exact) mass is 319 g/mol. The summed E-state index contributed by atoms with van der Waals surface area (Å²) in [7, 11) is 0. The van der Waals surface area contributed by atoms with E-state index in [9.17, 15) is 13.2 Å². The molecule has 0 aromatic heterocycles. The molecule has 2 N–H and O–H groups in total. The van der Waals surface area contributed by atoms with Gasteiger partial charge >= 0.3 is 6.18 Å². The van der Waals surface area contributed by atoms with Crippen LogP contribution in [0, 0.1) is 0 Å². The summed E-state index contributed by atoms with van der Waals surface area (Å²) in [4.78, 5) is 0.326. The number of nitrogens with two attached hydrogens (primary N) is 1. The fourth-order valence-corrected chi connectivity index (χ4v) is 3.10. The van der Waals surface area contributed by atoms with Gasteiger partial charge in [0, 0.05) is 10.9 Å². The van der Waals surface area contributed by atoms with Gasteiger partial charge in [0.1, 0.15) is 0 Å². The van der Waals surface area contributed by atoms with Crippen molar-refractivity contribution in [3.8, 4) is 0 Å². The maximum absolute atomic E-state index is 13.2. The molecule has 0 amide bonds. The van der Waals surface area contributed by atoms with Crippen molar-refractivity contribution in [3.63, 3.8) is 0 Å². The number of benzene rings is 1. The van der Waals surface area contributed by atoms with Gasteiger partial charge in [-0.2, -0.15) is 13.2 Å². The van der Waals surface area contributed by atoms with Crippen LogP contribution in [0.15, 0.2) is 23.1 Å². The Labute approximate surface area is 129 Å². The zero-order valence-corrected chi connectivity index (χ0v) is 13.5. The van der Waals surface area contributed by atoms with Gasteiger partial charge in [0.05, 0.1) is 5.56 Å². The summed E-state index contributed by atoms with van der Waals surface area (Å²) in [5, 5.41) is 0. The summed E-state index contributed by atoms with van der Waals surface area (Å²) < 4.78 is 39.5. The Kier molecular flexibility index (Phi) is 7.60.